The molecule has 0 amide bonds. The van der Waals surface area contributed by atoms with Crippen LogP contribution >= 0.6 is 0 Å². The maximum Gasteiger partial charge on any atom is 0.250 e. The van der Waals surface area contributed by atoms with Crippen molar-refractivity contribution < 1.29 is 8.78 Å². The smallest absolute Gasteiger partial charge is 0.250 e. The number of alkyl halides is 2. The van der Waals surface area contributed by atoms with Gasteiger partial charge in [-0.3, -0.25) is 0 Å². The Morgan fingerprint density at radius 2 is 1.87 bits per heavy atom. The summed E-state index contributed by atoms with van der Waals surface area (Å²) in [5, 5.41) is 0. The second kappa shape index (κ2) is 3.27. The Bertz CT molecular complexity index is 376. The first kappa shape index (κ1) is 10.6. The van der Waals surface area contributed by atoms with E-state index in [9.17, 15) is 8.78 Å². The summed E-state index contributed by atoms with van der Waals surface area (Å²) in [5.74, 6) is -2.60. The molecule has 0 heterocycles. The van der Waals surface area contributed by atoms with Gasteiger partial charge in [0.05, 0.1) is 0 Å². The predicted molar refractivity (Wildman–Crippen MR) is 55.8 cm³/mol. The van der Waals surface area contributed by atoms with Gasteiger partial charge in [0.2, 0.25) is 5.92 Å². The fourth-order valence-corrected chi connectivity index (χ4v) is 2.41. The van der Waals surface area contributed by atoms with Gasteiger partial charge in [-0.05, 0) is 24.5 Å². The number of rotatable bonds is 1. The van der Waals surface area contributed by atoms with Crippen molar-refractivity contribution in [3.8, 4) is 0 Å². The molecule has 15 heavy (non-hydrogen) atoms. The summed E-state index contributed by atoms with van der Waals surface area (Å²) in [7, 11) is 0. The van der Waals surface area contributed by atoms with Crippen molar-refractivity contribution >= 4 is 0 Å². The predicted octanol–water partition coefficient (Wildman–Crippen LogP) is 2.97. The zero-order valence-electron chi connectivity index (χ0n) is 8.76. The summed E-state index contributed by atoms with van der Waals surface area (Å²) in [6.45, 7) is 1.92. The van der Waals surface area contributed by atoms with E-state index in [4.69, 9.17) is 5.73 Å². The maximum absolute atomic E-state index is 13.2. The molecule has 1 unspecified atom stereocenters. The zero-order valence-corrected chi connectivity index (χ0v) is 8.76. The molecule has 1 saturated carbocycles. The lowest BCUT2D eigenvalue weighted by molar-refractivity contribution is 0.00289. The monoisotopic (exact) mass is 211 g/mol. The second-order valence-corrected chi connectivity index (χ2v) is 4.50. The first-order chi connectivity index (χ1) is 6.93. The van der Waals surface area contributed by atoms with Gasteiger partial charge in [0.25, 0.3) is 0 Å². The third-order valence-electron chi connectivity index (χ3n) is 3.19. The quantitative estimate of drug-likeness (QED) is 0.759. The van der Waals surface area contributed by atoms with Crippen LogP contribution in [0.4, 0.5) is 8.78 Å². The minimum Gasteiger partial charge on any atom is -0.321 e. The number of nitrogens with two attached hydrogens (primary N) is 1. The lowest BCUT2D eigenvalue weighted by atomic mass is 9.86. The summed E-state index contributed by atoms with van der Waals surface area (Å²) in [6, 6.07) is 7.53. The van der Waals surface area contributed by atoms with E-state index in [1.54, 1.807) is 0 Å². The van der Waals surface area contributed by atoms with E-state index >= 15 is 0 Å². The minimum atomic E-state index is -2.60. The third kappa shape index (κ3) is 1.88. The van der Waals surface area contributed by atoms with Gasteiger partial charge in [0, 0.05) is 18.4 Å². The second-order valence-electron chi connectivity index (χ2n) is 4.50. The lowest BCUT2D eigenvalue weighted by Crippen LogP contribution is -2.35. The van der Waals surface area contributed by atoms with Gasteiger partial charge in [-0.2, -0.15) is 0 Å². The van der Waals surface area contributed by atoms with Crippen LogP contribution < -0.4 is 5.73 Å². The highest BCUT2D eigenvalue weighted by molar-refractivity contribution is 5.33. The van der Waals surface area contributed by atoms with Crippen LogP contribution in [0, 0.1) is 6.92 Å². The highest BCUT2D eigenvalue weighted by atomic mass is 19.3. The van der Waals surface area contributed by atoms with E-state index in [2.05, 4.69) is 0 Å². The largest absolute Gasteiger partial charge is 0.321 e. The molecule has 0 aromatic heterocycles. The van der Waals surface area contributed by atoms with E-state index in [1.165, 1.54) is 0 Å². The average Bonchev–Trinajstić information content (AvgIpc) is 2.42. The Labute approximate surface area is 88.3 Å². The van der Waals surface area contributed by atoms with Crippen LogP contribution in [0.3, 0.4) is 0 Å². The molecule has 1 aromatic carbocycles. The fourth-order valence-electron chi connectivity index (χ4n) is 2.41. The molecule has 2 N–H and O–H groups in total. The van der Waals surface area contributed by atoms with Gasteiger partial charge in [-0.1, -0.05) is 24.3 Å². The molecule has 1 atom stereocenters. The number of hydrogen-bond acceptors (Lipinski definition) is 1. The Kier molecular flexibility index (Phi) is 2.30. The number of halogens is 2. The maximum atomic E-state index is 13.2. The van der Waals surface area contributed by atoms with Crippen molar-refractivity contribution in [3.05, 3.63) is 35.4 Å². The molecule has 1 fully saturated rings. The van der Waals surface area contributed by atoms with Crippen LogP contribution in [0.5, 0.6) is 0 Å². The van der Waals surface area contributed by atoms with Crippen LogP contribution in [0.2, 0.25) is 0 Å². The first-order valence-corrected chi connectivity index (χ1v) is 5.16. The SMILES string of the molecule is Cc1ccccc1C1(N)CCC(F)(F)C1. The molecule has 1 aliphatic carbocycles. The van der Waals surface area contributed by atoms with Crippen molar-refractivity contribution in [2.45, 2.75) is 37.6 Å². The van der Waals surface area contributed by atoms with Crippen LogP contribution in [0.25, 0.3) is 0 Å². The van der Waals surface area contributed by atoms with E-state index in [1.807, 2.05) is 31.2 Å². The molecule has 82 valence electrons. The average molecular weight is 211 g/mol. The number of aryl methyl sites for hydroxylation is 1. The minimum absolute atomic E-state index is 0.0994. The molecule has 1 aliphatic rings. The van der Waals surface area contributed by atoms with Crippen LogP contribution in [0.15, 0.2) is 24.3 Å². The van der Waals surface area contributed by atoms with Gasteiger partial charge in [-0.25, -0.2) is 8.78 Å². The third-order valence-corrected chi connectivity index (χ3v) is 3.19. The van der Waals surface area contributed by atoms with E-state index in [0.29, 0.717) is 6.42 Å². The lowest BCUT2D eigenvalue weighted by Gasteiger charge is -2.26. The van der Waals surface area contributed by atoms with E-state index < -0.39 is 11.5 Å². The molecule has 2 rings (SSSR count). The Balaban J connectivity index is 2.36. The topological polar surface area (TPSA) is 26.0 Å². The molecule has 0 saturated heterocycles. The van der Waals surface area contributed by atoms with Crippen molar-refractivity contribution in [2.24, 2.45) is 5.73 Å². The highest BCUT2D eigenvalue weighted by Crippen LogP contribution is 2.46. The molecule has 0 bridgehead atoms. The standard InChI is InChI=1S/C12H15F2N/c1-9-4-2-3-5-10(9)11(15)6-7-12(13,14)8-11/h2-5H,6-8,15H2,1H3. The number of benzene rings is 1. The Hall–Kier alpha value is -0.960. The van der Waals surface area contributed by atoms with Crippen molar-refractivity contribution in [3.63, 3.8) is 0 Å². The van der Waals surface area contributed by atoms with Crippen molar-refractivity contribution in [1.29, 1.82) is 0 Å². The molecule has 0 radical (unpaired) electrons. The Morgan fingerprint density at radius 3 is 2.40 bits per heavy atom. The highest BCUT2D eigenvalue weighted by Gasteiger charge is 2.48. The summed E-state index contributed by atoms with van der Waals surface area (Å²) in [5.41, 5.74) is 7.10. The molecular weight excluding hydrogens is 196 g/mol. The van der Waals surface area contributed by atoms with Gasteiger partial charge in [0.15, 0.2) is 0 Å². The van der Waals surface area contributed by atoms with Crippen molar-refractivity contribution in [1.82, 2.24) is 0 Å². The molecule has 1 aromatic rings. The fraction of sp³-hybridized carbons (Fsp3) is 0.500. The molecule has 3 heteroatoms. The summed E-state index contributed by atoms with van der Waals surface area (Å²) >= 11 is 0. The molecular formula is C12H15F2N. The zero-order chi connectivity index (χ0) is 11.1. The molecule has 0 spiro atoms. The van der Waals surface area contributed by atoms with Crippen LogP contribution in [-0.4, -0.2) is 5.92 Å². The van der Waals surface area contributed by atoms with Gasteiger partial charge < -0.3 is 5.73 Å². The summed E-state index contributed by atoms with van der Waals surface area (Å²) < 4.78 is 26.4. The normalized spacial score (nSPS) is 29.3. The molecule has 0 aliphatic heterocycles. The van der Waals surface area contributed by atoms with Gasteiger partial charge in [0.1, 0.15) is 0 Å². The first-order valence-electron chi connectivity index (χ1n) is 5.16. The summed E-state index contributed by atoms with van der Waals surface area (Å²) in [4.78, 5) is 0. The van der Waals surface area contributed by atoms with Gasteiger partial charge >= 0.3 is 0 Å². The summed E-state index contributed by atoms with van der Waals surface area (Å²) in [6.07, 6.45) is 0.0353. The van der Waals surface area contributed by atoms with Crippen LogP contribution in [-0.2, 0) is 5.54 Å². The van der Waals surface area contributed by atoms with E-state index in [0.717, 1.165) is 11.1 Å². The van der Waals surface area contributed by atoms with E-state index in [-0.39, 0.29) is 12.8 Å². The number of hydrogen-bond donors (Lipinski definition) is 1. The Morgan fingerprint density at radius 1 is 1.20 bits per heavy atom. The molecule has 1 nitrogen and oxygen atoms in total. The van der Waals surface area contributed by atoms with Crippen molar-refractivity contribution in [2.75, 3.05) is 0 Å². The van der Waals surface area contributed by atoms with Gasteiger partial charge in [-0.15, -0.1) is 0 Å². The van der Waals surface area contributed by atoms with Crippen LogP contribution in [0.1, 0.15) is 30.4 Å².